The van der Waals surface area contributed by atoms with Gasteiger partial charge in [-0.25, -0.2) is 4.98 Å². The summed E-state index contributed by atoms with van der Waals surface area (Å²) in [4.78, 5) is 15.0. The van der Waals surface area contributed by atoms with E-state index in [2.05, 4.69) is 4.98 Å². The van der Waals surface area contributed by atoms with E-state index >= 15 is 0 Å². The van der Waals surface area contributed by atoms with Crippen molar-refractivity contribution >= 4 is 5.91 Å². The number of carbonyl (C=O) groups excluding carboxylic acids is 1. The van der Waals surface area contributed by atoms with Crippen LogP contribution in [0.1, 0.15) is 29.5 Å². The Hall–Kier alpha value is -1.32. The first kappa shape index (κ1) is 8.77. The molecule has 1 amide bonds. The van der Waals surface area contributed by atoms with Crippen molar-refractivity contribution in [2.24, 2.45) is 5.73 Å². The molecule has 0 fully saturated rings. The van der Waals surface area contributed by atoms with Crippen molar-refractivity contribution in [1.82, 2.24) is 9.55 Å². The maximum absolute atomic E-state index is 10.9. The van der Waals surface area contributed by atoms with Gasteiger partial charge in [-0.2, -0.15) is 0 Å². The molecule has 0 aromatic carbocycles. The Labute approximate surface area is 71.4 Å². The molecule has 0 aliphatic rings. The van der Waals surface area contributed by atoms with E-state index in [9.17, 15) is 4.79 Å². The molecular weight excluding hydrogens is 154 g/mol. The first-order chi connectivity index (χ1) is 5.66. The molecule has 1 heterocycles. The fraction of sp³-hybridized carbons (Fsp3) is 0.500. The predicted molar refractivity (Wildman–Crippen MR) is 45.8 cm³/mol. The van der Waals surface area contributed by atoms with Crippen LogP contribution in [0.4, 0.5) is 0 Å². The molecule has 0 unspecified atom stereocenters. The molecule has 0 aliphatic heterocycles. The summed E-state index contributed by atoms with van der Waals surface area (Å²) in [5.74, 6) is -0.404. The molecule has 12 heavy (non-hydrogen) atoms. The molecule has 2 N–H and O–H groups in total. The van der Waals surface area contributed by atoms with Gasteiger partial charge < -0.3 is 10.3 Å². The van der Waals surface area contributed by atoms with Crippen LogP contribution in [-0.2, 0) is 6.54 Å². The zero-order chi connectivity index (χ0) is 9.14. The van der Waals surface area contributed by atoms with Crippen molar-refractivity contribution in [2.45, 2.75) is 26.8 Å². The molecule has 0 saturated carbocycles. The van der Waals surface area contributed by atoms with Crippen LogP contribution in [0, 0.1) is 6.92 Å². The first-order valence-corrected chi connectivity index (χ1v) is 3.98. The molecule has 0 atom stereocenters. The summed E-state index contributed by atoms with van der Waals surface area (Å²) in [6.07, 6.45) is 2.62. The number of amides is 1. The van der Waals surface area contributed by atoms with Gasteiger partial charge in [0, 0.05) is 6.54 Å². The number of hydrogen-bond donors (Lipinski definition) is 1. The van der Waals surface area contributed by atoms with E-state index in [4.69, 9.17) is 5.73 Å². The zero-order valence-electron chi connectivity index (χ0n) is 7.37. The van der Waals surface area contributed by atoms with Gasteiger partial charge in [-0.1, -0.05) is 6.92 Å². The first-order valence-electron chi connectivity index (χ1n) is 3.98. The highest BCUT2D eigenvalue weighted by Crippen LogP contribution is 2.05. The predicted octanol–water partition coefficient (Wildman–Crippen LogP) is 0.700. The third-order valence-electron chi connectivity index (χ3n) is 1.72. The van der Waals surface area contributed by atoms with Crippen LogP contribution < -0.4 is 5.73 Å². The van der Waals surface area contributed by atoms with Crippen LogP contribution in [0.15, 0.2) is 6.33 Å². The summed E-state index contributed by atoms with van der Waals surface area (Å²) in [7, 11) is 0. The lowest BCUT2D eigenvalue weighted by Crippen LogP contribution is -2.17. The smallest absolute Gasteiger partial charge is 0.267 e. The number of rotatable bonds is 3. The van der Waals surface area contributed by atoms with Gasteiger partial charge in [-0.15, -0.1) is 0 Å². The Morgan fingerprint density at radius 1 is 1.75 bits per heavy atom. The van der Waals surface area contributed by atoms with E-state index in [1.807, 2.05) is 6.92 Å². The molecule has 4 nitrogen and oxygen atoms in total. The van der Waals surface area contributed by atoms with Gasteiger partial charge in [0.1, 0.15) is 5.69 Å². The minimum absolute atomic E-state index is 0.404. The molecule has 1 aromatic rings. The summed E-state index contributed by atoms with van der Waals surface area (Å²) in [6, 6.07) is 0. The van der Waals surface area contributed by atoms with Crippen molar-refractivity contribution in [3.8, 4) is 0 Å². The average molecular weight is 167 g/mol. The minimum atomic E-state index is -0.404. The van der Waals surface area contributed by atoms with Crippen LogP contribution in [0.25, 0.3) is 0 Å². The van der Waals surface area contributed by atoms with Crippen molar-refractivity contribution in [2.75, 3.05) is 0 Å². The van der Waals surface area contributed by atoms with Crippen molar-refractivity contribution in [1.29, 1.82) is 0 Å². The largest absolute Gasteiger partial charge is 0.364 e. The van der Waals surface area contributed by atoms with Crippen LogP contribution >= 0.6 is 0 Å². The number of nitrogens with zero attached hydrogens (tertiary/aromatic N) is 2. The number of nitrogens with two attached hydrogens (primary N) is 1. The minimum Gasteiger partial charge on any atom is -0.364 e. The lowest BCUT2D eigenvalue weighted by Gasteiger charge is -2.02. The number of aromatic nitrogens is 2. The highest BCUT2D eigenvalue weighted by Gasteiger charge is 2.11. The molecular formula is C8H13N3O. The maximum atomic E-state index is 10.9. The number of carbonyl (C=O) groups is 1. The van der Waals surface area contributed by atoms with Gasteiger partial charge in [-0.05, 0) is 13.3 Å². The standard InChI is InChI=1S/C8H13N3O/c1-3-4-11-5-10-6(2)7(11)8(9)12/h5H,3-4H2,1-2H3,(H2,9,12). The Kier molecular flexibility index (Phi) is 2.47. The summed E-state index contributed by atoms with van der Waals surface area (Å²) in [5, 5.41) is 0. The van der Waals surface area contributed by atoms with Gasteiger partial charge in [0.25, 0.3) is 5.91 Å². The average Bonchev–Trinajstić information content (AvgIpc) is 2.32. The fourth-order valence-electron chi connectivity index (χ4n) is 1.21. The Bertz CT molecular complexity index is 290. The lowest BCUT2D eigenvalue weighted by atomic mass is 10.3. The van der Waals surface area contributed by atoms with Gasteiger partial charge in [0.2, 0.25) is 0 Å². The maximum Gasteiger partial charge on any atom is 0.267 e. The van der Waals surface area contributed by atoms with Crippen molar-refractivity contribution < 1.29 is 4.79 Å². The van der Waals surface area contributed by atoms with Crippen LogP contribution in [0.3, 0.4) is 0 Å². The number of hydrogen-bond acceptors (Lipinski definition) is 2. The van der Waals surface area contributed by atoms with E-state index < -0.39 is 5.91 Å². The number of aryl methyl sites for hydroxylation is 2. The summed E-state index contributed by atoms with van der Waals surface area (Å²) in [5.41, 5.74) is 6.42. The SMILES string of the molecule is CCCn1cnc(C)c1C(N)=O. The van der Waals surface area contributed by atoms with E-state index in [1.165, 1.54) is 0 Å². The fourth-order valence-corrected chi connectivity index (χ4v) is 1.21. The monoisotopic (exact) mass is 167 g/mol. The van der Waals surface area contributed by atoms with Gasteiger partial charge in [-0.3, -0.25) is 4.79 Å². The quantitative estimate of drug-likeness (QED) is 0.720. The lowest BCUT2D eigenvalue weighted by molar-refractivity contribution is 0.0990. The van der Waals surface area contributed by atoms with E-state index in [1.54, 1.807) is 17.8 Å². The molecule has 1 rings (SSSR count). The number of primary amides is 1. The Morgan fingerprint density at radius 3 is 2.92 bits per heavy atom. The third kappa shape index (κ3) is 1.47. The van der Waals surface area contributed by atoms with Gasteiger partial charge in [0.15, 0.2) is 0 Å². The molecule has 0 bridgehead atoms. The molecule has 66 valence electrons. The molecule has 1 aromatic heterocycles. The second-order valence-electron chi connectivity index (χ2n) is 2.74. The second kappa shape index (κ2) is 3.38. The number of imidazole rings is 1. The molecule has 0 aliphatic carbocycles. The highest BCUT2D eigenvalue weighted by molar-refractivity contribution is 5.92. The molecule has 0 spiro atoms. The highest BCUT2D eigenvalue weighted by atomic mass is 16.1. The van der Waals surface area contributed by atoms with Crippen molar-refractivity contribution in [3.05, 3.63) is 17.7 Å². The molecule has 0 radical (unpaired) electrons. The Balaban J connectivity index is 3.04. The Morgan fingerprint density at radius 2 is 2.42 bits per heavy atom. The third-order valence-corrected chi connectivity index (χ3v) is 1.72. The summed E-state index contributed by atoms with van der Waals surface area (Å²) in [6.45, 7) is 4.62. The van der Waals surface area contributed by atoms with E-state index in [0.29, 0.717) is 11.4 Å². The zero-order valence-corrected chi connectivity index (χ0v) is 7.37. The van der Waals surface area contributed by atoms with E-state index in [0.717, 1.165) is 13.0 Å². The van der Waals surface area contributed by atoms with Crippen LogP contribution in [-0.4, -0.2) is 15.5 Å². The van der Waals surface area contributed by atoms with Crippen LogP contribution in [0.2, 0.25) is 0 Å². The summed E-state index contributed by atoms with van der Waals surface area (Å²) >= 11 is 0. The van der Waals surface area contributed by atoms with Gasteiger partial charge >= 0.3 is 0 Å². The van der Waals surface area contributed by atoms with E-state index in [-0.39, 0.29) is 0 Å². The second-order valence-corrected chi connectivity index (χ2v) is 2.74. The van der Waals surface area contributed by atoms with Crippen molar-refractivity contribution in [3.63, 3.8) is 0 Å². The summed E-state index contributed by atoms with van der Waals surface area (Å²) < 4.78 is 1.79. The van der Waals surface area contributed by atoms with Crippen LogP contribution in [0.5, 0.6) is 0 Å². The molecule has 4 heteroatoms. The topological polar surface area (TPSA) is 60.9 Å². The van der Waals surface area contributed by atoms with Gasteiger partial charge in [0.05, 0.1) is 12.0 Å². The normalized spacial score (nSPS) is 10.2. The molecule has 0 saturated heterocycles.